The molecule has 2 aliphatic heterocycles. The monoisotopic (exact) mass is 400 g/mol. The minimum absolute atomic E-state index is 2.36. The van der Waals surface area contributed by atoms with Gasteiger partial charge in [-0.1, -0.05) is 0 Å². The molecule has 0 spiro atoms. The molecule has 146 valence electrons. The predicted octanol–water partition coefficient (Wildman–Crippen LogP) is 0.751. The zero-order chi connectivity index (χ0) is 20.0. The topological polar surface area (TPSA) is 114 Å². The summed E-state index contributed by atoms with van der Waals surface area (Å²) in [7, 11) is 0. The fourth-order valence-corrected chi connectivity index (χ4v) is 2.87. The van der Waals surface area contributed by atoms with E-state index in [0.717, 1.165) is 0 Å². The van der Waals surface area contributed by atoms with Gasteiger partial charge in [0.25, 0.3) is 0 Å². The Bertz CT molecular complexity index is 680. The molecule has 3 rings (SSSR count). The summed E-state index contributed by atoms with van der Waals surface area (Å²) >= 11 is 0. The maximum absolute atomic E-state index is 13.8. The highest BCUT2D eigenvalue weighted by atomic mass is 19.3. The minimum Gasteiger partial charge on any atom is -0.595 e. The molecule has 4 N–H and O–H groups in total. The van der Waals surface area contributed by atoms with Crippen LogP contribution in [0.15, 0.2) is 0 Å². The molecule has 0 radical (unpaired) electrons. The van der Waals surface area contributed by atoms with Crippen LogP contribution in [0.1, 0.15) is 22.3 Å². The number of rotatable bonds is 2. The van der Waals surface area contributed by atoms with Crippen molar-refractivity contribution in [2.75, 3.05) is 0 Å². The van der Waals surface area contributed by atoms with Crippen molar-refractivity contribution in [2.45, 2.75) is 24.4 Å². The molecule has 2 unspecified atom stereocenters. The first-order valence-corrected chi connectivity index (χ1v) is 6.18. The number of fused-ring (bicyclic) bond motifs is 2. The van der Waals surface area contributed by atoms with Crippen LogP contribution in [0, 0.1) is 10.4 Å². The molecule has 8 nitrogen and oxygen atoms in total. The van der Waals surface area contributed by atoms with E-state index >= 15 is 0 Å². The Hall–Kier alpha value is -1.66. The van der Waals surface area contributed by atoms with Crippen LogP contribution in [0.3, 0.4) is 0 Å². The number of nitrogens with one attached hydrogen (secondary N) is 2. The van der Waals surface area contributed by atoms with Crippen molar-refractivity contribution >= 4 is 11.4 Å². The van der Waals surface area contributed by atoms with E-state index in [0.29, 0.717) is 0 Å². The standard InChI is InChI=1S/C10H4F8N2O6/c11-7(12)1-2(8(13,14)25-7)6(20(23)24)4-3(5(1)19(21)22)9(15,16)26-10(4,17)18/h19-21,23H. The van der Waals surface area contributed by atoms with E-state index in [-0.39, 0.29) is 0 Å². The Balaban J connectivity index is 2.63. The summed E-state index contributed by atoms with van der Waals surface area (Å²) in [5, 5.41) is 34.8. The Morgan fingerprint density at radius 2 is 0.769 bits per heavy atom. The maximum Gasteiger partial charge on any atom is 0.394 e. The summed E-state index contributed by atoms with van der Waals surface area (Å²) in [6.45, 7) is 0. The van der Waals surface area contributed by atoms with E-state index in [9.17, 15) is 45.5 Å². The van der Waals surface area contributed by atoms with Gasteiger partial charge in [-0.15, -0.1) is 0 Å². The average Bonchev–Trinajstić information content (AvgIpc) is 2.71. The van der Waals surface area contributed by atoms with Gasteiger partial charge in [-0.05, 0) is 0 Å². The van der Waals surface area contributed by atoms with E-state index in [4.69, 9.17) is 10.4 Å². The molecule has 0 amide bonds. The Morgan fingerprint density at radius 1 is 0.577 bits per heavy atom. The average molecular weight is 400 g/mol. The van der Waals surface area contributed by atoms with Crippen LogP contribution in [0.5, 0.6) is 0 Å². The molecule has 2 aliphatic rings. The molecule has 0 saturated heterocycles. The lowest BCUT2D eigenvalue weighted by atomic mass is 9.93. The summed E-state index contributed by atoms with van der Waals surface area (Å²) in [5.41, 5.74) is -14.6. The van der Waals surface area contributed by atoms with Crippen LogP contribution in [-0.2, 0) is 33.9 Å². The van der Waals surface area contributed by atoms with Crippen molar-refractivity contribution in [3.63, 3.8) is 0 Å². The molecule has 2 atom stereocenters. The molecule has 0 saturated carbocycles. The number of hydrogen-bond acceptors (Lipinski definition) is 6. The van der Waals surface area contributed by atoms with Gasteiger partial charge < -0.3 is 10.4 Å². The van der Waals surface area contributed by atoms with E-state index in [1.54, 1.807) is 0 Å². The second kappa shape index (κ2) is 4.98. The quantitative estimate of drug-likeness (QED) is 0.431. The van der Waals surface area contributed by atoms with Crippen LogP contribution in [0.4, 0.5) is 46.5 Å². The highest BCUT2D eigenvalue weighted by Crippen LogP contribution is 2.63. The van der Waals surface area contributed by atoms with Gasteiger partial charge in [0.15, 0.2) is 11.4 Å². The molecule has 0 aliphatic carbocycles. The largest absolute Gasteiger partial charge is 0.595 e. The van der Waals surface area contributed by atoms with E-state index in [2.05, 4.69) is 9.47 Å². The van der Waals surface area contributed by atoms with Crippen molar-refractivity contribution in [3.05, 3.63) is 32.7 Å². The van der Waals surface area contributed by atoms with E-state index in [1.807, 2.05) is 0 Å². The summed E-state index contributed by atoms with van der Waals surface area (Å²) in [6.07, 6.45) is -21.1. The van der Waals surface area contributed by atoms with Gasteiger partial charge in [0.2, 0.25) is 0 Å². The lowest BCUT2D eigenvalue weighted by Gasteiger charge is -2.24. The van der Waals surface area contributed by atoms with Crippen molar-refractivity contribution in [2.24, 2.45) is 0 Å². The lowest BCUT2D eigenvalue weighted by Crippen LogP contribution is -3.01. The number of ether oxygens (including phenoxy) is 2. The molecule has 2 heterocycles. The van der Waals surface area contributed by atoms with Crippen molar-refractivity contribution in [1.82, 2.24) is 0 Å². The lowest BCUT2D eigenvalue weighted by molar-refractivity contribution is -0.994. The fraction of sp³-hybridized carbons (Fsp3) is 0.400. The van der Waals surface area contributed by atoms with Crippen LogP contribution in [0.25, 0.3) is 0 Å². The summed E-state index contributed by atoms with van der Waals surface area (Å²) in [4.78, 5) is 0. The molecule has 0 aromatic heterocycles. The van der Waals surface area contributed by atoms with Gasteiger partial charge >= 0.3 is 24.4 Å². The molecule has 1 aromatic carbocycles. The van der Waals surface area contributed by atoms with Gasteiger partial charge in [0, 0.05) is 0 Å². The number of halogens is 8. The second-order valence-electron chi connectivity index (χ2n) is 5.13. The molecule has 26 heavy (non-hydrogen) atoms. The highest BCUT2D eigenvalue weighted by Gasteiger charge is 2.71. The molecule has 16 heteroatoms. The number of quaternary nitrogens is 2. The molecule has 1 aromatic rings. The summed E-state index contributed by atoms with van der Waals surface area (Å²) < 4.78 is 116. The van der Waals surface area contributed by atoms with Crippen LogP contribution >= 0.6 is 0 Å². The third kappa shape index (κ3) is 2.31. The predicted molar refractivity (Wildman–Crippen MR) is 55.7 cm³/mol. The minimum atomic E-state index is -5.26. The fourth-order valence-electron chi connectivity index (χ4n) is 2.87. The first kappa shape index (κ1) is 19.1. The zero-order valence-electron chi connectivity index (χ0n) is 11.6. The van der Waals surface area contributed by atoms with Crippen molar-refractivity contribution in [1.29, 1.82) is 0 Å². The van der Waals surface area contributed by atoms with Gasteiger partial charge in [-0.2, -0.15) is 45.6 Å². The van der Waals surface area contributed by atoms with Gasteiger partial charge in [0.05, 0.1) is 0 Å². The van der Waals surface area contributed by atoms with Gasteiger partial charge in [-0.3, -0.25) is 0 Å². The summed E-state index contributed by atoms with van der Waals surface area (Å²) in [5.74, 6) is 0. The van der Waals surface area contributed by atoms with Crippen molar-refractivity contribution < 1.29 is 65.5 Å². The number of benzene rings is 1. The molecular weight excluding hydrogens is 396 g/mol. The highest BCUT2D eigenvalue weighted by molar-refractivity contribution is 5.71. The summed E-state index contributed by atoms with van der Waals surface area (Å²) in [6, 6.07) is 0. The van der Waals surface area contributed by atoms with Gasteiger partial charge in [-0.25, -0.2) is 19.9 Å². The Labute approximate surface area is 135 Å². The van der Waals surface area contributed by atoms with Crippen molar-refractivity contribution in [3.8, 4) is 0 Å². The maximum atomic E-state index is 13.8. The third-order valence-corrected chi connectivity index (χ3v) is 3.60. The number of hydrogen-bond donors (Lipinski definition) is 4. The normalized spacial score (nSPS) is 26.3. The van der Waals surface area contributed by atoms with Crippen LogP contribution in [-0.4, -0.2) is 10.4 Å². The number of alkyl halides is 8. The third-order valence-electron chi connectivity index (χ3n) is 3.60. The first-order valence-electron chi connectivity index (χ1n) is 6.18. The Morgan fingerprint density at radius 3 is 0.923 bits per heavy atom. The molecule has 0 bridgehead atoms. The second-order valence-corrected chi connectivity index (χ2v) is 5.13. The smallest absolute Gasteiger partial charge is 0.394 e. The van der Waals surface area contributed by atoms with Gasteiger partial charge in [0.1, 0.15) is 22.3 Å². The molecular formula is C10H4F8N2O6. The SMILES string of the molecule is [O-][NH+](O)c1c2c(c([NH+]([O-])O)c3c1C(F)(F)OC3(F)F)C(F)(F)OC2(F)F. The van der Waals surface area contributed by atoms with E-state index < -0.39 is 68.5 Å². The van der Waals surface area contributed by atoms with Crippen LogP contribution < -0.4 is 10.5 Å². The molecule has 0 fully saturated rings. The zero-order valence-corrected chi connectivity index (χ0v) is 11.6. The Kier molecular flexibility index (Phi) is 3.66. The van der Waals surface area contributed by atoms with E-state index in [1.165, 1.54) is 0 Å². The first-order chi connectivity index (χ1) is 11.5. The van der Waals surface area contributed by atoms with Crippen LogP contribution in [0.2, 0.25) is 0 Å².